The maximum atomic E-state index is 12.4. The van der Waals surface area contributed by atoms with Crippen LogP contribution in [-0.2, 0) is 0 Å². The van der Waals surface area contributed by atoms with Crippen LogP contribution in [0.5, 0.6) is 11.5 Å². The molecule has 3 rings (SSSR count). The smallest absolute Gasteiger partial charge is 0.406 e. The van der Waals surface area contributed by atoms with E-state index in [1.54, 1.807) is 0 Å². The Morgan fingerprint density at radius 2 is 1.07 bits per heavy atom. The van der Waals surface area contributed by atoms with Crippen molar-refractivity contribution in [1.29, 1.82) is 0 Å². The Bertz CT molecular complexity index is 725. The summed E-state index contributed by atoms with van der Waals surface area (Å²) in [5.41, 5.74) is 1.40. The molecule has 10 heteroatoms. The van der Waals surface area contributed by atoms with Crippen molar-refractivity contribution in [3.63, 3.8) is 0 Å². The lowest BCUT2D eigenvalue weighted by atomic mass is 9.96. The summed E-state index contributed by atoms with van der Waals surface area (Å²) in [6.07, 6.45) is -9.57. The van der Waals surface area contributed by atoms with Crippen molar-refractivity contribution in [1.82, 2.24) is 10.2 Å². The third kappa shape index (κ3) is 6.26. The summed E-state index contributed by atoms with van der Waals surface area (Å²) >= 11 is 0. The van der Waals surface area contributed by atoms with Crippen LogP contribution in [0, 0.1) is 0 Å². The van der Waals surface area contributed by atoms with Crippen molar-refractivity contribution < 1.29 is 35.8 Å². The largest absolute Gasteiger partial charge is 0.573 e. The van der Waals surface area contributed by atoms with Gasteiger partial charge in [0.2, 0.25) is 0 Å². The van der Waals surface area contributed by atoms with Gasteiger partial charge in [-0.3, -0.25) is 4.90 Å². The first-order valence-corrected chi connectivity index (χ1v) is 8.77. The van der Waals surface area contributed by atoms with Crippen LogP contribution < -0.4 is 14.8 Å². The Morgan fingerprint density at radius 1 is 0.690 bits per heavy atom. The molecule has 0 spiro atoms. The number of nitrogens with zero attached hydrogens (tertiary/aromatic N) is 1. The first-order chi connectivity index (χ1) is 13.6. The number of nitrogens with one attached hydrogen (secondary N) is 1. The number of alkyl halides is 6. The van der Waals surface area contributed by atoms with Gasteiger partial charge >= 0.3 is 12.7 Å². The predicted molar refractivity (Wildman–Crippen MR) is 92.5 cm³/mol. The number of halogens is 6. The Balaban J connectivity index is 1.87. The molecule has 158 valence electrons. The zero-order valence-corrected chi connectivity index (χ0v) is 15.1. The number of piperazine rings is 1. The van der Waals surface area contributed by atoms with E-state index >= 15 is 0 Å². The van der Waals surface area contributed by atoms with Gasteiger partial charge in [0.1, 0.15) is 11.5 Å². The molecule has 0 aliphatic carbocycles. The molecule has 4 nitrogen and oxygen atoms in total. The van der Waals surface area contributed by atoms with E-state index in [9.17, 15) is 26.3 Å². The normalized spacial score (nSPS) is 16.1. The van der Waals surface area contributed by atoms with E-state index in [2.05, 4.69) is 19.7 Å². The highest BCUT2D eigenvalue weighted by molar-refractivity contribution is 5.38. The van der Waals surface area contributed by atoms with E-state index in [-0.39, 0.29) is 17.5 Å². The third-order valence-electron chi connectivity index (χ3n) is 4.38. The second-order valence-electron chi connectivity index (χ2n) is 6.42. The molecule has 1 fully saturated rings. The fourth-order valence-electron chi connectivity index (χ4n) is 3.26. The van der Waals surface area contributed by atoms with Crippen molar-refractivity contribution in [2.24, 2.45) is 0 Å². The molecule has 1 aliphatic heterocycles. The fourth-order valence-corrected chi connectivity index (χ4v) is 3.26. The molecule has 1 N–H and O–H groups in total. The summed E-state index contributed by atoms with van der Waals surface area (Å²) < 4.78 is 82.1. The van der Waals surface area contributed by atoms with E-state index in [1.807, 2.05) is 0 Å². The first-order valence-electron chi connectivity index (χ1n) is 8.77. The molecule has 0 radical (unpaired) electrons. The van der Waals surface area contributed by atoms with Gasteiger partial charge < -0.3 is 14.8 Å². The summed E-state index contributed by atoms with van der Waals surface area (Å²) in [6.45, 7) is 2.79. The van der Waals surface area contributed by atoms with Crippen molar-refractivity contribution in [3.8, 4) is 11.5 Å². The Morgan fingerprint density at radius 3 is 1.41 bits per heavy atom. The van der Waals surface area contributed by atoms with Gasteiger partial charge in [-0.15, -0.1) is 26.3 Å². The van der Waals surface area contributed by atoms with E-state index in [1.165, 1.54) is 48.5 Å². The van der Waals surface area contributed by atoms with Gasteiger partial charge in [-0.2, -0.15) is 0 Å². The molecule has 0 saturated carbocycles. The maximum Gasteiger partial charge on any atom is 0.573 e. The minimum Gasteiger partial charge on any atom is -0.406 e. The standard InChI is InChI=1S/C19H18F6N2O2/c20-18(21,22)28-15-5-1-13(2-6-15)17(27-11-9-26-10-12-27)14-3-7-16(8-4-14)29-19(23,24)25/h1-8,17,26H,9-12H2. The number of benzene rings is 2. The summed E-state index contributed by atoms with van der Waals surface area (Å²) in [4.78, 5) is 2.11. The maximum absolute atomic E-state index is 12.4. The minimum absolute atomic E-state index is 0.336. The summed E-state index contributed by atoms with van der Waals surface area (Å²) in [5, 5.41) is 3.21. The van der Waals surface area contributed by atoms with Crippen LogP contribution in [0.15, 0.2) is 48.5 Å². The molecule has 1 saturated heterocycles. The van der Waals surface area contributed by atoms with Crippen LogP contribution in [0.25, 0.3) is 0 Å². The molecular weight excluding hydrogens is 402 g/mol. The first kappa shape index (κ1) is 21.3. The van der Waals surface area contributed by atoms with E-state index in [4.69, 9.17) is 0 Å². The number of rotatable bonds is 5. The van der Waals surface area contributed by atoms with Crippen LogP contribution in [0.3, 0.4) is 0 Å². The Labute approximate surface area is 163 Å². The van der Waals surface area contributed by atoms with Crippen LogP contribution >= 0.6 is 0 Å². The lowest BCUT2D eigenvalue weighted by Gasteiger charge is -2.35. The highest BCUT2D eigenvalue weighted by Gasteiger charge is 2.32. The fraction of sp³-hybridized carbons (Fsp3) is 0.368. The van der Waals surface area contributed by atoms with Gasteiger partial charge in [-0.25, -0.2) is 0 Å². The third-order valence-corrected chi connectivity index (χ3v) is 4.38. The summed E-state index contributed by atoms with van der Waals surface area (Å²) in [6, 6.07) is 10.6. The lowest BCUT2D eigenvalue weighted by Crippen LogP contribution is -2.45. The van der Waals surface area contributed by atoms with Crippen molar-refractivity contribution in [3.05, 3.63) is 59.7 Å². The van der Waals surface area contributed by atoms with Crippen LogP contribution in [0.4, 0.5) is 26.3 Å². The highest BCUT2D eigenvalue weighted by Crippen LogP contribution is 2.33. The number of hydrogen-bond donors (Lipinski definition) is 1. The molecule has 1 aliphatic rings. The van der Waals surface area contributed by atoms with Gasteiger partial charge in [0, 0.05) is 26.2 Å². The van der Waals surface area contributed by atoms with Gasteiger partial charge in [0.25, 0.3) is 0 Å². The lowest BCUT2D eigenvalue weighted by molar-refractivity contribution is -0.275. The average Bonchev–Trinajstić information content (AvgIpc) is 2.63. The van der Waals surface area contributed by atoms with Gasteiger partial charge in [-0.05, 0) is 35.4 Å². The minimum atomic E-state index is -4.78. The van der Waals surface area contributed by atoms with Crippen LogP contribution in [-0.4, -0.2) is 43.8 Å². The topological polar surface area (TPSA) is 33.7 Å². The highest BCUT2D eigenvalue weighted by atomic mass is 19.4. The molecule has 0 unspecified atom stereocenters. The van der Waals surface area contributed by atoms with Crippen LogP contribution in [0.2, 0.25) is 0 Å². The second kappa shape index (κ2) is 8.50. The molecule has 2 aromatic rings. The number of hydrogen-bond acceptors (Lipinski definition) is 4. The Hall–Kier alpha value is -2.46. The van der Waals surface area contributed by atoms with E-state index in [0.29, 0.717) is 24.2 Å². The van der Waals surface area contributed by atoms with Crippen molar-refractivity contribution in [2.45, 2.75) is 18.8 Å². The van der Waals surface area contributed by atoms with Gasteiger partial charge in [-0.1, -0.05) is 24.3 Å². The zero-order valence-electron chi connectivity index (χ0n) is 15.1. The molecule has 0 amide bonds. The monoisotopic (exact) mass is 420 g/mol. The second-order valence-corrected chi connectivity index (χ2v) is 6.42. The average molecular weight is 420 g/mol. The SMILES string of the molecule is FC(F)(F)Oc1ccc(C(c2ccc(OC(F)(F)F)cc2)N2CCNCC2)cc1. The summed E-state index contributed by atoms with van der Waals surface area (Å²) in [5.74, 6) is -0.677. The van der Waals surface area contributed by atoms with Crippen molar-refractivity contribution in [2.75, 3.05) is 26.2 Å². The van der Waals surface area contributed by atoms with Crippen molar-refractivity contribution >= 4 is 0 Å². The summed E-state index contributed by atoms with van der Waals surface area (Å²) in [7, 11) is 0. The molecular formula is C19H18F6N2O2. The van der Waals surface area contributed by atoms with Crippen LogP contribution in [0.1, 0.15) is 17.2 Å². The molecule has 0 aromatic heterocycles. The number of ether oxygens (including phenoxy) is 2. The quantitative estimate of drug-likeness (QED) is 0.724. The Kier molecular flexibility index (Phi) is 6.23. The molecule has 0 atom stereocenters. The molecule has 2 aromatic carbocycles. The van der Waals surface area contributed by atoms with E-state index in [0.717, 1.165) is 13.1 Å². The predicted octanol–water partition coefficient (Wildman–Crippen LogP) is 4.48. The molecule has 29 heavy (non-hydrogen) atoms. The molecule has 1 heterocycles. The van der Waals surface area contributed by atoms with Gasteiger partial charge in [0.05, 0.1) is 6.04 Å². The van der Waals surface area contributed by atoms with E-state index < -0.39 is 12.7 Å². The zero-order chi connectivity index (χ0) is 21.1. The van der Waals surface area contributed by atoms with Gasteiger partial charge in [0.15, 0.2) is 0 Å². The molecule has 0 bridgehead atoms.